The highest BCUT2D eigenvalue weighted by atomic mass is 16.5. The molecular formula is C15H32N2O. The lowest BCUT2D eigenvalue weighted by Crippen LogP contribution is -2.60. The van der Waals surface area contributed by atoms with E-state index in [1.807, 2.05) is 0 Å². The molecule has 0 aromatic carbocycles. The summed E-state index contributed by atoms with van der Waals surface area (Å²) in [5, 5.41) is 3.56. The largest absolute Gasteiger partial charge is 0.367 e. The van der Waals surface area contributed by atoms with Gasteiger partial charge in [0, 0.05) is 25.7 Å². The molecule has 0 saturated carbocycles. The predicted octanol–water partition coefficient (Wildman–Crippen LogP) is 2.65. The van der Waals surface area contributed by atoms with Crippen molar-refractivity contribution in [2.45, 2.75) is 71.6 Å². The molecular weight excluding hydrogens is 224 g/mol. The maximum atomic E-state index is 6.12. The molecule has 1 fully saturated rings. The summed E-state index contributed by atoms with van der Waals surface area (Å²) >= 11 is 0. The summed E-state index contributed by atoms with van der Waals surface area (Å²) in [6.07, 6.45) is 2.53. The van der Waals surface area contributed by atoms with Crippen LogP contribution in [0.5, 0.6) is 0 Å². The molecule has 1 saturated heterocycles. The van der Waals surface area contributed by atoms with Crippen molar-refractivity contribution in [3.8, 4) is 0 Å². The average Bonchev–Trinajstić information content (AvgIpc) is 2.19. The Balaban J connectivity index is 2.44. The second kappa shape index (κ2) is 6.36. The normalized spacial score (nSPS) is 25.0. The second-order valence-corrected chi connectivity index (χ2v) is 6.93. The molecule has 1 heterocycles. The molecule has 0 amide bonds. The first-order valence-corrected chi connectivity index (χ1v) is 7.41. The SMILES string of the molecule is CCCCNCC(C)N1CC(C)(C)OC(C)(C)C1. The van der Waals surface area contributed by atoms with Gasteiger partial charge >= 0.3 is 0 Å². The van der Waals surface area contributed by atoms with Crippen molar-refractivity contribution in [3.63, 3.8) is 0 Å². The Kier molecular flexibility index (Phi) is 5.63. The van der Waals surface area contributed by atoms with E-state index in [9.17, 15) is 0 Å². The minimum atomic E-state index is -0.0422. The van der Waals surface area contributed by atoms with E-state index < -0.39 is 0 Å². The lowest BCUT2D eigenvalue weighted by atomic mass is 9.97. The molecule has 0 radical (unpaired) electrons. The van der Waals surface area contributed by atoms with Gasteiger partial charge in [-0.3, -0.25) is 4.90 Å². The summed E-state index contributed by atoms with van der Waals surface area (Å²) in [7, 11) is 0. The van der Waals surface area contributed by atoms with Crippen molar-refractivity contribution in [2.75, 3.05) is 26.2 Å². The Morgan fingerprint density at radius 3 is 2.22 bits per heavy atom. The topological polar surface area (TPSA) is 24.5 Å². The van der Waals surface area contributed by atoms with Crippen LogP contribution in [0.25, 0.3) is 0 Å². The molecule has 0 aromatic heterocycles. The maximum absolute atomic E-state index is 6.12. The van der Waals surface area contributed by atoms with Gasteiger partial charge in [-0.15, -0.1) is 0 Å². The van der Waals surface area contributed by atoms with E-state index in [2.05, 4.69) is 51.8 Å². The van der Waals surface area contributed by atoms with Crippen LogP contribution in [0, 0.1) is 0 Å². The molecule has 0 bridgehead atoms. The Hall–Kier alpha value is -0.120. The smallest absolute Gasteiger partial charge is 0.0760 e. The summed E-state index contributed by atoms with van der Waals surface area (Å²) < 4.78 is 6.12. The van der Waals surface area contributed by atoms with Gasteiger partial charge in [-0.1, -0.05) is 13.3 Å². The summed E-state index contributed by atoms with van der Waals surface area (Å²) in [6, 6.07) is 0.573. The second-order valence-electron chi connectivity index (χ2n) is 6.93. The lowest BCUT2D eigenvalue weighted by molar-refractivity contribution is -0.186. The van der Waals surface area contributed by atoms with Gasteiger partial charge in [-0.05, 0) is 47.6 Å². The molecule has 0 aromatic rings. The summed E-state index contributed by atoms with van der Waals surface area (Å²) in [6.45, 7) is 17.6. The maximum Gasteiger partial charge on any atom is 0.0760 e. The first-order valence-electron chi connectivity index (χ1n) is 7.41. The molecule has 1 rings (SSSR count). The van der Waals surface area contributed by atoms with Crippen LogP contribution in [0.1, 0.15) is 54.4 Å². The highest BCUT2D eigenvalue weighted by Crippen LogP contribution is 2.28. The number of ether oxygens (including phenoxy) is 1. The van der Waals surface area contributed by atoms with E-state index in [1.165, 1.54) is 12.8 Å². The van der Waals surface area contributed by atoms with Crippen molar-refractivity contribution in [1.82, 2.24) is 10.2 Å². The summed E-state index contributed by atoms with van der Waals surface area (Å²) in [4.78, 5) is 2.56. The van der Waals surface area contributed by atoms with Crippen LogP contribution >= 0.6 is 0 Å². The molecule has 3 nitrogen and oxygen atoms in total. The number of hydrogen-bond donors (Lipinski definition) is 1. The van der Waals surface area contributed by atoms with Gasteiger partial charge in [0.15, 0.2) is 0 Å². The Morgan fingerprint density at radius 2 is 1.72 bits per heavy atom. The zero-order valence-electron chi connectivity index (χ0n) is 13.2. The van der Waals surface area contributed by atoms with Gasteiger partial charge in [0.25, 0.3) is 0 Å². The molecule has 18 heavy (non-hydrogen) atoms. The molecule has 0 aliphatic carbocycles. The zero-order valence-corrected chi connectivity index (χ0v) is 13.2. The van der Waals surface area contributed by atoms with Gasteiger partial charge in [-0.2, -0.15) is 0 Å². The predicted molar refractivity (Wildman–Crippen MR) is 78.1 cm³/mol. The van der Waals surface area contributed by atoms with Crippen molar-refractivity contribution in [1.29, 1.82) is 0 Å². The Bertz CT molecular complexity index is 235. The number of hydrogen-bond acceptors (Lipinski definition) is 3. The third-order valence-electron chi connectivity index (χ3n) is 3.49. The van der Waals surface area contributed by atoms with Crippen LogP contribution < -0.4 is 5.32 Å². The fraction of sp³-hybridized carbons (Fsp3) is 1.00. The molecule has 1 aliphatic rings. The van der Waals surface area contributed by atoms with E-state index in [0.717, 1.165) is 26.2 Å². The lowest BCUT2D eigenvalue weighted by Gasteiger charge is -2.49. The van der Waals surface area contributed by atoms with Crippen LogP contribution in [-0.4, -0.2) is 48.3 Å². The minimum absolute atomic E-state index is 0.0422. The Morgan fingerprint density at radius 1 is 1.17 bits per heavy atom. The van der Waals surface area contributed by atoms with Gasteiger partial charge in [0.2, 0.25) is 0 Å². The third-order valence-corrected chi connectivity index (χ3v) is 3.49. The van der Waals surface area contributed by atoms with E-state index >= 15 is 0 Å². The van der Waals surface area contributed by atoms with E-state index in [1.54, 1.807) is 0 Å². The van der Waals surface area contributed by atoms with Gasteiger partial charge < -0.3 is 10.1 Å². The number of unbranched alkanes of at least 4 members (excludes halogenated alkanes) is 1. The first kappa shape index (κ1) is 15.9. The number of nitrogens with one attached hydrogen (secondary N) is 1. The standard InChI is InChI=1S/C15H32N2O/c1-7-8-9-16-10-13(2)17-11-14(3,4)18-15(5,6)12-17/h13,16H,7-12H2,1-6H3. The highest BCUT2D eigenvalue weighted by Gasteiger charge is 2.39. The molecule has 108 valence electrons. The fourth-order valence-corrected chi connectivity index (χ4v) is 2.90. The number of rotatable bonds is 6. The van der Waals surface area contributed by atoms with Gasteiger partial charge in [0.1, 0.15) is 0 Å². The van der Waals surface area contributed by atoms with Crippen molar-refractivity contribution in [3.05, 3.63) is 0 Å². The molecule has 1 atom stereocenters. The van der Waals surface area contributed by atoms with E-state index in [4.69, 9.17) is 4.74 Å². The molecule has 0 spiro atoms. The monoisotopic (exact) mass is 256 g/mol. The van der Waals surface area contributed by atoms with Crippen LogP contribution in [0.3, 0.4) is 0 Å². The quantitative estimate of drug-likeness (QED) is 0.740. The fourth-order valence-electron chi connectivity index (χ4n) is 2.90. The average molecular weight is 256 g/mol. The van der Waals surface area contributed by atoms with E-state index in [-0.39, 0.29) is 11.2 Å². The molecule has 1 unspecified atom stereocenters. The summed E-state index contributed by atoms with van der Waals surface area (Å²) in [5.74, 6) is 0. The molecule has 1 N–H and O–H groups in total. The van der Waals surface area contributed by atoms with Crippen molar-refractivity contribution >= 4 is 0 Å². The van der Waals surface area contributed by atoms with Crippen LogP contribution in [0.4, 0.5) is 0 Å². The zero-order chi connectivity index (χ0) is 13.8. The van der Waals surface area contributed by atoms with Crippen molar-refractivity contribution < 1.29 is 4.74 Å². The highest BCUT2D eigenvalue weighted by molar-refractivity contribution is 4.91. The van der Waals surface area contributed by atoms with Crippen LogP contribution in [0.2, 0.25) is 0 Å². The molecule has 1 aliphatic heterocycles. The molecule has 3 heteroatoms. The Labute approximate surface area is 113 Å². The third kappa shape index (κ3) is 5.25. The van der Waals surface area contributed by atoms with Crippen molar-refractivity contribution in [2.24, 2.45) is 0 Å². The minimum Gasteiger partial charge on any atom is -0.367 e. The number of nitrogens with zero attached hydrogens (tertiary/aromatic N) is 1. The summed E-state index contributed by atoms with van der Waals surface area (Å²) in [5.41, 5.74) is -0.0845. The van der Waals surface area contributed by atoms with Gasteiger partial charge in [-0.25, -0.2) is 0 Å². The van der Waals surface area contributed by atoms with Crippen LogP contribution in [0.15, 0.2) is 0 Å². The first-order chi connectivity index (χ1) is 8.26. The van der Waals surface area contributed by atoms with Gasteiger partial charge in [0.05, 0.1) is 11.2 Å². The van der Waals surface area contributed by atoms with Crippen LogP contribution in [-0.2, 0) is 4.74 Å². The van der Waals surface area contributed by atoms with E-state index in [0.29, 0.717) is 6.04 Å². The number of morpholine rings is 1.